The first-order chi connectivity index (χ1) is 17.6. The molecule has 2 amide bonds. The van der Waals surface area contributed by atoms with E-state index >= 15 is 0 Å². The fourth-order valence-electron chi connectivity index (χ4n) is 4.63. The lowest BCUT2D eigenvalue weighted by Crippen LogP contribution is -2.43. The summed E-state index contributed by atoms with van der Waals surface area (Å²) in [6.45, 7) is 11.2. The molecular weight excluding hydrogens is 484 g/mol. The molecule has 1 unspecified atom stereocenters. The zero-order chi connectivity index (χ0) is 26.7. The van der Waals surface area contributed by atoms with Crippen LogP contribution >= 0.6 is 11.8 Å². The van der Waals surface area contributed by atoms with Gasteiger partial charge < -0.3 is 10.1 Å². The third-order valence-corrected chi connectivity index (χ3v) is 7.67. The van der Waals surface area contributed by atoms with Gasteiger partial charge in [-0.05, 0) is 31.0 Å². The Morgan fingerprint density at radius 1 is 1.16 bits per heavy atom. The van der Waals surface area contributed by atoms with Crippen molar-refractivity contribution in [2.75, 3.05) is 37.5 Å². The van der Waals surface area contributed by atoms with E-state index in [0.29, 0.717) is 19.0 Å². The average Bonchev–Trinajstić information content (AvgIpc) is 3.17. The van der Waals surface area contributed by atoms with E-state index in [9.17, 15) is 9.59 Å². The number of benzene rings is 2. The van der Waals surface area contributed by atoms with E-state index in [-0.39, 0.29) is 34.8 Å². The van der Waals surface area contributed by atoms with E-state index in [4.69, 9.17) is 9.84 Å². The maximum absolute atomic E-state index is 13.7. The van der Waals surface area contributed by atoms with Crippen LogP contribution in [0, 0.1) is 13.8 Å². The van der Waals surface area contributed by atoms with Crippen molar-refractivity contribution >= 4 is 29.4 Å². The molecule has 0 radical (unpaired) electrons. The Hall–Kier alpha value is -3.10. The Bertz CT molecular complexity index is 1290. The van der Waals surface area contributed by atoms with Crippen LogP contribution in [0.2, 0.25) is 0 Å². The van der Waals surface area contributed by atoms with Gasteiger partial charge in [0.2, 0.25) is 11.8 Å². The van der Waals surface area contributed by atoms with Crippen LogP contribution in [0.5, 0.6) is 0 Å². The maximum Gasteiger partial charge on any atom is 0.240 e. The van der Waals surface area contributed by atoms with Crippen LogP contribution in [0.4, 0.5) is 5.82 Å². The molecule has 7 nitrogen and oxygen atoms in total. The number of aryl methyl sites for hydroxylation is 2. The van der Waals surface area contributed by atoms with Crippen LogP contribution in [0.25, 0.3) is 5.69 Å². The van der Waals surface area contributed by atoms with Crippen LogP contribution in [0.1, 0.15) is 54.0 Å². The quantitative estimate of drug-likeness (QED) is 0.457. The minimum atomic E-state index is -0.291. The van der Waals surface area contributed by atoms with Crippen molar-refractivity contribution < 1.29 is 14.3 Å². The smallest absolute Gasteiger partial charge is 0.240 e. The number of carbonyl (C=O) groups is 2. The van der Waals surface area contributed by atoms with Gasteiger partial charge in [-0.25, -0.2) is 4.68 Å². The first-order valence-electron chi connectivity index (χ1n) is 12.6. The number of para-hydroxylation sites is 1. The molecule has 1 aliphatic rings. The molecule has 1 N–H and O–H groups in total. The highest BCUT2D eigenvalue weighted by Crippen LogP contribution is 2.48. The third-order valence-electron chi connectivity index (χ3n) is 6.42. The van der Waals surface area contributed by atoms with Crippen LogP contribution in [0.15, 0.2) is 48.5 Å². The van der Waals surface area contributed by atoms with Gasteiger partial charge in [-0.2, -0.15) is 5.10 Å². The second-order valence-electron chi connectivity index (χ2n) is 10.5. The van der Waals surface area contributed by atoms with E-state index in [1.807, 2.05) is 35.9 Å². The molecule has 1 atom stereocenters. The number of hydrogen-bond donors (Lipinski definition) is 1. The molecule has 8 heteroatoms. The Morgan fingerprint density at radius 2 is 1.92 bits per heavy atom. The summed E-state index contributed by atoms with van der Waals surface area (Å²) >= 11 is 1.60. The van der Waals surface area contributed by atoms with Crippen molar-refractivity contribution in [3.63, 3.8) is 0 Å². The number of ether oxygens (including phenoxy) is 1. The zero-order valence-corrected chi connectivity index (χ0v) is 23.3. The highest BCUT2D eigenvalue weighted by molar-refractivity contribution is 8.00. The molecule has 0 saturated carbocycles. The summed E-state index contributed by atoms with van der Waals surface area (Å²) in [5, 5.41) is 7.92. The lowest BCUT2D eigenvalue weighted by atomic mass is 9.87. The standard InChI is InChI=1S/C29H36N4O3S/c1-19-10-9-12-21(16-19)26-25-27(29(3,4)5)31-33(22-13-8-7-11-20(22)2)28(25)32(24(35)18-37-26)17-23(34)30-14-15-36-6/h7-13,16,26H,14-15,17-18H2,1-6H3,(H,30,34). The number of thioether (sulfide) groups is 1. The number of methoxy groups -OCH3 is 1. The predicted molar refractivity (Wildman–Crippen MR) is 150 cm³/mol. The van der Waals surface area contributed by atoms with Gasteiger partial charge in [0.25, 0.3) is 0 Å². The van der Waals surface area contributed by atoms with E-state index in [1.54, 1.807) is 23.8 Å². The summed E-state index contributed by atoms with van der Waals surface area (Å²) in [4.78, 5) is 28.3. The highest BCUT2D eigenvalue weighted by atomic mass is 32.2. The highest BCUT2D eigenvalue weighted by Gasteiger charge is 2.40. The van der Waals surface area contributed by atoms with Gasteiger partial charge in [-0.1, -0.05) is 68.8 Å². The molecule has 196 valence electrons. The summed E-state index contributed by atoms with van der Waals surface area (Å²) in [6.07, 6.45) is 0. The number of rotatable bonds is 7. The number of anilines is 1. The number of amides is 2. The molecular formula is C29H36N4O3S. The van der Waals surface area contributed by atoms with Gasteiger partial charge in [0, 0.05) is 24.6 Å². The van der Waals surface area contributed by atoms with Crippen molar-refractivity contribution in [1.82, 2.24) is 15.1 Å². The summed E-state index contributed by atoms with van der Waals surface area (Å²) in [5.41, 5.74) is 5.83. The van der Waals surface area contributed by atoms with Crippen molar-refractivity contribution in [3.8, 4) is 5.69 Å². The van der Waals surface area contributed by atoms with Crippen molar-refractivity contribution in [3.05, 3.63) is 76.5 Å². The largest absolute Gasteiger partial charge is 0.383 e. The molecule has 0 saturated heterocycles. The summed E-state index contributed by atoms with van der Waals surface area (Å²) in [6, 6.07) is 16.4. The third kappa shape index (κ3) is 5.75. The normalized spacial score (nSPS) is 15.9. The number of fused-ring (bicyclic) bond motifs is 1. The predicted octanol–water partition coefficient (Wildman–Crippen LogP) is 4.72. The molecule has 1 aliphatic heterocycles. The molecule has 37 heavy (non-hydrogen) atoms. The van der Waals surface area contributed by atoms with E-state index in [2.05, 4.69) is 57.3 Å². The second kappa shape index (κ2) is 11.1. The molecule has 1 aromatic heterocycles. The van der Waals surface area contributed by atoms with E-state index < -0.39 is 0 Å². The zero-order valence-electron chi connectivity index (χ0n) is 22.5. The lowest BCUT2D eigenvalue weighted by Gasteiger charge is -2.25. The molecule has 0 bridgehead atoms. The SMILES string of the molecule is COCCNC(=O)CN1C(=O)CSC(c2cccc(C)c2)c2c(C(C)(C)C)nn(-c3ccccc3C)c21. The number of hydrogen-bond acceptors (Lipinski definition) is 5. The van der Waals surface area contributed by atoms with Crippen molar-refractivity contribution in [2.24, 2.45) is 0 Å². The number of carbonyl (C=O) groups excluding carboxylic acids is 2. The van der Waals surface area contributed by atoms with Crippen molar-refractivity contribution in [2.45, 2.75) is 45.3 Å². The van der Waals surface area contributed by atoms with Gasteiger partial charge in [-0.15, -0.1) is 11.8 Å². The first-order valence-corrected chi connectivity index (χ1v) is 13.6. The Balaban J connectivity index is 1.97. The summed E-state index contributed by atoms with van der Waals surface area (Å²) < 4.78 is 6.95. The Morgan fingerprint density at radius 3 is 2.59 bits per heavy atom. The maximum atomic E-state index is 13.7. The minimum absolute atomic E-state index is 0.0855. The molecule has 3 aromatic rings. The van der Waals surface area contributed by atoms with Crippen LogP contribution < -0.4 is 10.2 Å². The monoisotopic (exact) mass is 520 g/mol. The average molecular weight is 521 g/mol. The van der Waals surface area contributed by atoms with E-state index in [0.717, 1.165) is 33.6 Å². The molecule has 0 aliphatic carbocycles. The fourth-order valence-corrected chi connectivity index (χ4v) is 5.82. The summed E-state index contributed by atoms with van der Waals surface area (Å²) in [7, 11) is 1.59. The van der Waals surface area contributed by atoms with Crippen LogP contribution in [-0.2, 0) is 19.7 Å². The summed E-state index contributed by atoms with van der Waals surface area (Å²) in [5.74, 6) is 0.585. The molecule has 0 fully saturated rings. The Labute approximate surface area is 223 Å². The van der Waals surface area contributed by atoms with Gasteiger partial charge >= 0.3 is 0 Å². The first kappa shape index (κ1) is 26.9. The molecule has 2 aromatic carbocycles. The second-order valence-corrected chi connectivity index (χ2v) is 11.6. The lowest BCUT2D eigenvalue weighted by molar-refractivity contribution is -0.123. The van der Waals surface area contributed by atoms with E-state index in [1.165, 1.54) is 0 Å². The van der Waals surface area contributed by atoms with Crippen LogP contribution in [0.3, 0.4) is 0 Å². The van der Waals surface area contributed by atoms with Gasteiger partial charge in [0.1, 0.15) is 12.4 Å². The fraction of sp³-hybridized carbons (Fsp3) is 0.414. The van der Waals surface area contributed by atoms with Crippen LogP contribution in [-0.4, -0.2) is 54.2 Å². The van der Waals surface area contributed by atoms with Gasteiger partial charge in [-0.3, -0.25) is 14.5 Å². The van der Waals surface area contributed by atoms with Crippen molar-refractivity contribution in [1.29, 1.82) is 0 Å². The number of nitrogens with zero attached hydrogens (tertiary/aromatic N) is 3. The molecule has 0 spiro atoms. The molecule has 2 heterocycles. The van der Waals surface area contributed by atoms with Gasteiger partial charge in [0.05, 0.1) is 29.0 Å². The number of nitrogens with one attached hydrogen (secondary N) is 1. The van der Waals surface area contributed by atoms with Gasteiger partial charge in [0.15, 0.2) is 0 Å². The number of aromatic nitrogens is 2. The topological polar surface area (TPSA) is 76.5 Å². The Kier molecular flexibility index (Phi) is 8.09. The minimum Gasteiger partial charge on any atom is -0.383 e. The molecule has 4 rings (SSSR count).